The second kappa shape index (κ2) is 7.35. The first-order valence-electron chi connectivity index (χ1n) is 9.70. The topological polar surface area (TPSA) is 51.0 Å². The quantitative estimate of drug-likeness (QED) is 0.650. The molecule has 138 valence electrons. The Morgan fingerprint density at radius 2 is 2.08 bits per heavy atom. The SMILES string of the molecule is CCCCN(C)c1ccnc2sc3c(=O)n(C4CCCCC4)cnc3c12. The highest BCUT2D eigenvalue weighted by Crippen LogP contribution is 2.36. The monoisotopic (exact) mass is 370 g/mol. The summed E-state index contributed by atoms with van der Waals surface area (Å²) in [4.78, 5) is 25.6. The Labute approximate surface area is 157 Å². The molecule has 4 rings (SSSR count). The van der Waals surface area contributed by atoms with Gasteiger partial charge in [-0.2, -0.15) is 0 Å². The van der Waals surface area contributed by atoms with Crippen LogP contribution in [0.15, 0.2) is 23.4 Å². The van der Waals surface area contributed by atoms with Crippen molar-refractivity contribution in [3.8, 4) is 0 Å². The van der Waals surface area contributed by atoms with Gasteiger partial charge in [0, 0.05) is 25.8 Å². The minimum atomic E-state index is 0.104. The molecule has 1 aliphatic carbocycles. The van der Waals surface area contributed by atoms with E-state index < -0.39 is 0 Å². The maximum Gasteiger partial charge on any atom is 0.271 e. The van der Waals surface area contributed by atoms with Crippen LogP contribution >= 0.6 is 11.3 Å². The van der Waals surface area contributed by atoms with Crippen molar-refractivity contribution in [3.05, 3.63) is 28.9 Å². The van der Waals surface area contributed by atoms with Crippen LogP contribution in [0, 0.1) is 0 Å². The van der Waals surface area contributed by atoms with E-state index in [-0.39, 0.29) is 5.56 Å². The molecule has 0 aromatic carbocycles. The van der Waals surface area contributed by atoms with Crippen LogP contribution in [0.3, 0.4) is 0 Å². The van der Waals surface area contributed by atoms with Gasteiger partial charge in [-0.05, 0) is 25.3 Å². The summed E-state index contributed by atoms with van der Waals surface area (Å²) in [5.74, 6) is 0. The zero-order valence-corrected chi connectivity index (χ0v) is 16.4. The van der Waals surface area contributed by atoms with Crippen molar-refractivity contribution >= 4 is 37.5 Å². The van der Waals surface area contributed by atoms with Crippen molar-refractivity contribution < 1.29 is 0 Å². The van der Waals surface area contributed by atoms with E-state index in [2.05, 4.69) is 23.9 Å². The van der Waals surface area contributed by atoms with Crippen LogP contribution in [0.4, 0.5) is 5.69 Å². The summed E-state index contributed by atoms with van der Waals surface area (Å²) in [6, 6.07) is 2.34. The van der Waals surface area contributed by atoms with E-state index >= 15 is 0 Å². The van der Waals surface area contributed by atoms with Gasteiger partial charge in [-0.25, -0.2) is 9.97 Å². The second-order valence-corrected chi connectivity index (χ2v) is 8.31. The number of unbranched alkanes of at least 4 members (excludes halogenated alkanes) is 1. The molecule has 1 fully saturated rings. The summed E-state index contributed by atoms with van der Waals surface area (Å²) in [5, 5.41) is 1.03. The van der Waals surface area contributed by atoms with Crippen LogP contribution in [0.25, 0.3) is 20.4 Å². The molecule has 1 saturated carbocycles. The molecule has 3 heterocycles. The van der Waals surface area contributed by atoms with Gasteiger partial charge in [-0.1, -0.05) is 32.6 Å². The number of hydrogen-bond donors (Lipinski definition) is 0. The second-order valence-electron chi connectivity index (χ2n) is 7.31. The van der Waals surface area contributed by atoms with Gasteiger partial charge in [0.2, 0.25) is 0 Å². The zero-order valence-electron chi connectivity index (χ0n) is 15.6. The molecule has 0 saturated heterocycles. The zero-order chi connectivity index (χ0) is 18.1. The molecule has 3 aromatic rings. The minimum Gasteiger partial charge on any atom is -0.374 e. The Hall–Kier alpha value is -1.95. The van der Waals surface area contributed by atoms with Gasteiger partial charge in [-0.15, -0.1) is 11.3 Å². The lowest BCUT2D eigenvalue weighted by Crippen LogP contribution is -2.26. The fraction of sp³-hybridized carbons (Fsp3) is 0.550. The highest BCUT2D eigenvalue weighted by atomic mass is 32.1. The van der Waals surface area contributed by atoms with Crippen LogP contribution in [0.5, 0.6) is 0 Å². The maximum absolute atomic E-state index is 13.1. The van der Waals surface area contributed by atoms with E-state index in [4.69, 9.17) is 4.98 Å². The van der Waals surface area contributed by atoms with Gasteiger partial charge in [0.1, 0.15) is 9.53 Å². The van der Waals surface area contributed by atoms with E-state index in [1.165, 1.54) is 30.6 Å². The van der Waals surface area contributed by atoms with Crippen molar-refractivity contribution in [2.45, 2.75) is 57.9 Å². The summed E-state index contributed by atoms with van der Waals surface area (Å²) in [6.45, 7) is 3.19. The lowest BCUT2D eigenvalue weighted by Gasteiger charge is -2.23. The summed E-state index contributed by atoms with van der Waals surface area (Å²) in [7, 11) is 2.11. The van der Waals surface area contributed by atoms with E-state index in [0.29, 0.717) is 6.04 Å². The first kappa shape index (κ1) is 17.5. The third kappa shape index (κ3) is 3.00. The van der Waals surface area contributed by atoms with Crippen LogP contribution in [-0.2, 0) is 0 Å². The van der Waals surface area contributed by atoms with Crippen LogP contribution in [0.2, 0.25) is 0 Å². The first-order chi connectivity index (χ1) is 12.7. The van der Waals surface area contributed by atoms with E-state index in [9.17, 15) is 4.79 Å². The van der Waals surface area contributed by atoms with Crippen LogP contribution in [-0.4, -0.2) is 28.1 Å². The number of nitrogens with zero attached hydrogens (tertiary/aromatic N) is 4. The van der Waals surface area contributed by atoms with Crippen LogP contribution < -0.4 is 10.5 Å². The Bertz CT molecular complexity index is 971. The number of fused-ring (bicyclic) bond motifs is 3. The number of thiophene rings is 1. The number of rotatable bonds is 5. The first-order valence-corrected chi connectivity index (χ1v) is 10.5. The summed E-state index contributed by atoms with van der Waals surface area (Å²) < 4.78 is 2.62. The smallest absolute Gasteiger partial charge is 0.271 e. The molecule has 0 spiro atoms. The highest BCUT2D eigenvalue weighted by Gasteiger charge is 2.21. The normalized spacial score (nSPS) is 15.8. The van der Waals surface area contributed by atoms with Crippen molar-refractivity contribution in [2.24, 2.45) is 0 Å². The Balaban J connectivity index is 1.84. The largest absolute Gasteiger partial charge is 0.374 e. The Morgan fingerprint density at radius 3 is 2.85 bits per heavy atom. The lowest BCUT2D eigenvalue weighted by atomic mass is 9.95. The molecule has 26 heavy (non-hydrogen) atoms. The van der Waals surface area contributed by atoms with Crippen molar-refractivity contribution in [3.63, 3.8) is 0 Å². The molecule has 0 bridgehead atoms. The predicted octanol–water partition coefficient (Wildman–Crippen LogP) is 4.75. The van der Waals surface area contributed by atoms with Crippen LogP contribution in [0.1, 0.15) is 57.9 Å². The molecule has 0 aliphatic heterocycles. The van der Waals surface area contributed by atoms with E-state index in [0.717, 1.165) is 58.3 Å². The Kier molecular flexibility index (Phi) is 4.94. The molecule has 0 amide bonds. The predicted molar refractivity (Wildman–Crippen MR) is 109 cm³/mol. The minimum absolute atomic E-state index is 0.104. The van der Waals surface area contributed by atoms with Gasteiger partial charge < -0.3 is 4.90 Å². The third-order valence-electron chi connectivity index (χ3n) is 5.51. The molecule has 0 radical (unpaired) electrons. The summed E-state index contributed by atoms with van der Waals surface area (Å²) >= 11 is 1.49. The molecule has 5 nitrogen and oxygen atoms in total. The van der Waals surface area contributed by atoms with Crippen molar-refractivity contribution in [1.29, 1.82) is 0 Å². The molecule has 0 unspecified atom stereocenters. The molecule has 0 N–H and O–H groups in total. The number of anilines is 1. The fourth-order valence-corrected chi connectivity index (χ4v) is 5.06. The van der Waals surface area contributed by atoms with E-state index in [1.807, 2.05) is 16.8 Å². The van der Waals surface area contributed by atoms with Gasteiger partial charge in [0.05, 0.1) is 22.9 Å². The summed E-state index contributed by atoms with van der Waals surface area (Å²) in [6.07, 6.45) is 11.8. The Morgan fingerprint density at radius 1 is 1.27 bits per heavy atom. The standard InChI is InChI=1S/C20H26N4OS/c1-3-4-12-23(2)15-10-11-21-19-16(15)17-18(26-19)20(25)24(13-22-17)14-8-6-5-7-9-14/h10-11,13-14H,3-9,12H2,1-2H3. The lowest BCUT2D eigenvalue weighted by molar-refractivity contribution is 0.345. The third-order valence-corrected chi connectivity index (χ3v) is 6.59. The van der Waals surface area contributed by atoms with Gasteiger partial charge >= 0.3 is 0 Å². The number of hydrogen-bond acceptors (Lipinski definition) is 5. The molecular formula is C20H26N4OS. The molecule has 3 aromatic heterocycles. The number of pyridine rings is 1. The average molecular weight is 371 g/mol. The molecule has 6 heteroatoms. The van der Waals surface area contributed by atoms with Crippen molar-refractivity contribution in [1.82, 2.24) is 14.5 Å². The highest BCUT2D eigenvalue weighted by molar-refractivity contribution is 7.25. The van der Waals surface area contributed by atoms with E-state index in [1.54, 1.807) is 6.33 Å². The molecular weight excluding hydrogens is 344 g/mol. The van der Waals surface area contributed by atoms with Gasteiger partial charge in [0.15, 0.2) is 0 Å². The van der Waals surface area contributed by atoms with Crippen molar-refractivity contribution in [2.75, 3.05) is 18.5 Å². The molecule has 1 aliphatic rings. The summed E-state index contributed by atoms with van der Waals surface area (Å²) in [5.41, 5.74) is 2.04. The number of aromatic nitrogens is 3. The fourth-order valence-electron chi connectivity index (χ4n) is 4.00. The van der Waals surface area contributed by atoms with Gasteiger partial charge in [0.25, 0.3) is 5.56 Å². The molecule has 0 atom stereocenters. The maximum atomic E-state index is 13.1. The average Bonchev–Trinajstić information content (AvgIpc) is 3.07. The van der Waals surface area contributed by atoms with Gasteiger partial charge in [-0.3, -0.25) is 9.36 Å².